The van der Waals surface area contributed by atoms with E-state index in [1.807, 2.05) is 19.1 Å². The molecule has 8 heteroatoms. The first-order chi connectivity index (χ1) is 15.3. The topological polar surface area (TPSA) is 92.5 Å². The zero-order chi connectivity index (χ0) is 22.9. The Kier molecular flexibility index (Phi) is 6.35. The molecule has 4 rings (SSSR count). The fraction of sp³-hybridized carbons (Fsp3) is 0.417. The van der Waals surface area contributed by atoms with Gasteiger partial charge in [-0.2, -0.15) is 4.31 Å². The zero-order valence-corrected chi connectivity index (χ0v) is 19.5. The highest BCUT2D eigenvalue weighted by atomic mass is 32.2. The monoisotopic (exact) mass is 455 g/mol. The van der Waals surface area contributed by atoms with Gasteiger partial charge in [0.2, 0.25) is 15.9 Å². The molecule has 1 aromatic heterocycles. The molecule has 1 aliphatic rings. The van der Waals surface area contributed by atoms with Crippen molar-refractivity contribution in [3.05, 3.63) is 53.9 Å². The number of amides is 1. The van der Waals surface area contributed by atoms with E-state index in [1.54, 1.807) is 30.3 Å². The summed E-state index contributed by atoms with van der Waals surface area (Å²) in [5.74, 6) is 0.682. The number of oxazole rings is 1. The fourth-order valence-corrected chi connectivity index (χ4v) is 5.45. The molecule has 170 valence electrons. The van der Waals surface area contributed by atoms with E-state index in [1.165, 1.54) is 4.31 Å². The van der Waals surface area contributed by atoms with Gasteiger partial charge in [0.15, 0.2) is 11.5 Å². The van der Waals surface area contributed by atoms with Gasteiger partial charge in [-0.1, -0.05) is 32.9 Å². The summed E-state index contributed by atoms with van der Waals surface area (Å²) in [5, 5.41) is 2.94. The first-order valence-electron chi connectivity index (χ1n) is 11.1. The highest BCUT2D eigenvalue weighted by molar-refractivity contribution is 7.89. The number of anilines is 1. The molecule has 0 radical (unpaired) electrons. The summed E-state index contributed by atoms with van der Waals surface area (Å²) < 4.78 is 33.1. The van der Waals surface area contributed by atoms with E-state index in [9.17, 15) is 13.2 Å². The summed E-state index contributed by atoms with van der Waals surface area (Å²) in [5.41, 5.74) is 3.18. The van der Waals surface area contributed by atoms with Crippen molar-refractivity contribution in [2.75, 3.05) is 18.4 Å². The van der Waals surface area contributed by atoms with Gasteiger partial charge < -0.3 is 9.73 Å². The lowest BCUT2D eigenvalue weighted by atomic mass is 9.97. The lowest BCUT2D eigenvalue weighted by Crippen LogP contribution is -2.41. The average molecular weight is 456 g/mol. The predicted octanol–water partition coefficient (Wildman–Crippen LogP) is 4.55. The summed E-state index contributed by atoms with van der Waals surface area (Å²) >= 11 is 0. The fourth-order valence-electron chi connectivity index (χ4n) is 3.98. The van der Waals surface area contributed by atoms with Gasteiger partial charge in [0.25, 0.3) is 0 Å². The molecule has 1 fully saturated rings. The normalized spacial score (nSPS) is 16.0. The molecule has 0 atom stereocenters. The van der Waals surface area contributed by atoms with Crippen molar-refractivity contribution < 1.29 is 17.6 Å². The van der Waals surface area contributed by atoms with Crippen LogP contribution >= 0.6 is 0 Å². The quantitative estimate of drug-likeness (QED) is 0.588. The second-order valence-corrected chi connectivity index (χ2v) is 10.5. The van der Waals surface area contributed by atoms with E-state index < -0.39 is 10.0 Å². The number of fused-ring (bicyclic) bond motifs is 1. The first kappa shape index (κ1) is 22.5. The molecular formula is C24H29N3O4S. The SMILES string of the molecule is CCc1nc2cc(NC(=O)C3CCN(S(=O)(=O)c4ccc(C(C)C)cc4)CC3)ccc2o1. The van der Waals surface area contributed by atoms with E-state index in [0.717, 1.165) is 5.56 Å². The number of carbonyl (C=O) groups excluding carboxylic acids is 1. The van der Waals surface area contributed by atoms with Crippen LogP contribution < -0.4 is 5.32 Å². The molecule has 7 nitrogen and oxygen atoms in total. The number of benzene rings is 2. The van der Waals surface area contributed by atoms with E-state index in [0.29, 0.717) is 65.8 Å². The smallest absolute Gasteiger partial charge is 0.243 e. The molecule has 1 aliphatic heterocycles. The Balaban J connectivity index is 1.38. The van der Waals surface area contributed by atoms with Crippen molar-refractivity contribution in [3.8, 4) is 0 Å². The van der Waals surface area contributed by atoms with Gasteiger partial charge in [0, 0.05) is 31.1 Å². The average Bonchev–Trinajstić information content (AvgIpc) is 3.22. The molecular weight excluding hydrogens is 426 g/mol. The van der Waals surface area contributed by atoms with Gasteiger partial charge in [-0.25, -0.2) is 13.4 Å². The molecule has 0 bridgehead atoms. The Hall–Kier alpha value is -2.71. The van der Waals surface area contributed by atoms with Crippen molar-refractivity contribution in [3.63, 3.8) is 0 Å². The molecule has 0 aliphatic carbocycles. The Labute approximate surface area is 188 Å². The van der Waals surface area contributed by atoms with Crippen LogP contribution in [0.1, 0.15) is 51.0 Å². The maximum absolute atomic E-state index is 13.0. The first-order valence-corrected chi connectivity index (χ1v) is 12.5. The Bertz CT molecular complexity index is 1210. The van der Waals surface area contributed by atoms with Crippen LogP contribution in [0.5, 0.6) is 0 Å². The van der Waals surface area contributed by atoms with Crippen molar-refractivity contribution in [2.45, 2.75) is 50.8 Å². The minimum Gasteiger partial charge on any atom is -0.441 e. The molecule has 0 spiro atoms. The van der Waals surface area contributed by atoms with Crippen LogP contribution in [-0.2, 0) is 21.2 Å². The van der Waals surface area contributed by atoms with E-state index in [4.69, 9.17) is 4.42 Å². The number of aryl methyl sites for hydroxylation is 1. The maximum Gasteiger partial charge on any atom is 0.243 e. The summed E-state index contributed by atoms with van der Waals surface area (Å²) in [6.45, 7) is 6.78. The predicted molar refractivity (Wildman–Crippen MR) is 124 cm³/mol. The Morgan fingerprint density at radius 2 is 1.84 bits per heavy atom. The number of hydrogen-bond acceptors (Lipinski definition) is 5. The van der Waals surface area contributed by atoms with Crippen LogP contribution in [0, 0.1) is 5.92 Å². The van der Waals surface area contributed by atoms with Gasteiger partial charge in [-0.05, 0) is 54.7 Å². The third-order valence-corrected chi connectivity index (χ3v) is 7.92. The molecule has 0 unspecified atom stereocenters. The standard InChI is InChI=1S/C24H29N3O4S/c1-4-23-26-21-15-19(7-10-22(21)31-23)25-24(28)18-11-13-27(14-12-18)32(29,30)20-8-5-17(6-9-20)16(2)3/h5-10,15-16,18H,4,11-14H2,1-3H3,(H,25,28). The van der Waals surface area contributed by atoms with E-state index in [2.05, 4.69) is 24.1 Å². The maximum atomic E-state index is 13.0. The van der Waals surface area contributed by atoms with E-state index >= 15 is 0 Å². The van der Waals surface area contributed by atoms with Gasteiger partial charge >= 0.3 is 0 Å². The third kappa shape index (κ3) is 4.56. The minimum atomic E-state index is -3.55. The number of sulfonamides is 1. The number of carbonyl (C=O) groups is 1. The number of aromatic nitrogens is 1. The minimum absolute atomic E-state index is 0.0955. The van der Waals surface area contributed by atoms with Crippen LogP contribution in [0.15, 0.2) is 51.8 Å². The van der Waals surface area contributed by atoms with Gasteiger partial charge in [-0.3, -0.25) is 4.79 Å². The molecule has 2 aromatic carbocycles. The number of nitrogens with zero attached hydrogens (tertiary/aromatic N) is 2. The number of piperidine rings is 1. The highest BCUT2D eigenvalue weighted by Gasteiger charge is 2.32. The van der Waals surface area contributed by atoms with Gasteiger partial charge in [-0.15, -0.1) is 0 Å². The molecule has 0 saturated carbocycles. The Morgan fingerprint density at radius 3 is 2.47 bits per heavy atom. The summed E-state index contributed by atoms with van der Waals surface area (Å²) in [6.07, 6.45) is 1.68. The Morgan fingerprint density at radius 1 is 1.16 bits per heavy atom. The van der Waals surface area contributed by atoms with Crippen LogP contribution in [-0.4, -0.2) is 36.7 Å². The molecule has 3 aromatic rings. The third-order valence-electron chi connectivity index (χ3n) is 6.01. The van der Waals surface area contributed by atoms with Crippen molar-refractivity contribution in [2.24, 2.45) is 5.92 Å². The molecule has 1 saturated heterocycles. The largest absolute Gasteiger partial charge is 0.441 e. The van der Waals surface area contributed by atoms with Crippen molar-refractivity contribution >= 4 is 32.7 Å². The van der Waals surface area contributed by atoms with Crippen molar-refractivity contribution in [1.82, 2.24) is 9.29 Å². The second kappa shape index (κ2) is 9.03. The second-order valence-electron chi connectivity index (χ2n) is 8.54. The number of rotatable bonds is 6. The summed E-state index contributed by atoms with van der Waals surface area (Å²) in [4.78, 5) is 17.5. The van der Waals surface area contributed by atoms with Gasteiger partial charge in [0.05, 0.1) is 4.90 Å². The number of nitrogens with one attached hydrogen (secondary N) is 1. The van der Waals surface area contributed by atoms with Crippen molar-refractivity contribution in [1.29, 1.82) is 0 Å². The van der Waals surface area contributed by atoms with Crippen LogP contribution in [0.4, 0.5) is 5.69 Å². The molecule has 32 heavy (non-hydrogen) atoms. The summed E-state index contributed by atoms with van der Waals surface area (Å²) in [6, 6.07) is 12.5. The molecule has 1 N–H and O–H groups in total. The van der Waals surface area contributed by atoms with Crippen LogP contribution in [0.3, 0.4) is 0 Å². The van der Waals surface area contributed by atoms with E-state index in [-0.39, 0.29) is 11.8 Å². The lowest BCUT2D eigenvalue weighted by Gasteiger charge is -2.30. The van der Waals surface area contributed by atoms with Gasteiger partial charge in [0.1, 0.15) is 5.52 Å². The highest BCUT2D eigenvalue weighted by Crippen LogP contribution is 2.27. The lowest BCUT2D eigenvalue weighted by molar-refractivity contribution is -0.120. The zero-order valence-electron chi connectivity index (χ0n) is 18.7. The van der Waals surface area contributed by atoms with Crippen LogP contribution in [0.2, 0.25) is 0 Å². The number of hydrogen-bond donors (Lipinski definition) is 1. The van der Waals surface area contributed by atoms with Crippen LogP contribution in [0.25, 0.3) is 11.1 Å². The molecule has 1 amide bonds. The summed E-state index contributed by atoms with van der Waals surface area (Å²) in [7, 11) is -3.55. The molecule has 2 heterocycles.